The van der Waals surface area contributed by atoms with Crippen LogP contribution in [0.2, 0.25) is 0 Å². The molecule has 0 aromatic rings. The lowest BCUT2D eigenvalue weighted by Crippen LogP contribution is -2.62. The van der Waals surface area contributed by atoms with Gasteiger partial charge in [-0.3, -0.25) is 4.79 Å². The van der Waals surface area contributed by atoms with Crippen molar-refractivity contribution in [2.75, 3.05) is 19.8 Å². The Hall–Kier alpha value is -0.690. The van der Waals surface area contributed by atoms with Crippen LogP contribution in [0.5, 0.6) is 0 Å². The Bertz CT molecular complexity index is 388. The maximum atomic E-state index is 11.5. The van der Waals surface area contributed by atoms with Crippen molar-refractivity contribution in [3.63, 3.8) is 0 Å². The third kappa shape index (κ3) is 3.30. The van der Waals surface area contributed by atoms with Gasteiger partial charge in [0.25, 0.3) is 0 Å². The second-order valence-corrected chi connectivity index (χ2v) is 5.24. The van der Waals surface area contributed by atoms with E-state index >= 15 is 0 Å². The lowest BCUT2D eigenvalue weighted by Gasteiger charge is -2.43. The van der Waals surface area contributed by atoms with Crippen molar-refractivity contribution in [1.29, 1.82) is 0 Å². The number of ether oxygens (including phenoxy) is 3. The van der Waals surface area contributed by atoms with Crippen molar-refractivity contribution in [3.05, 3.63) is 0 Å². The van der Waals surface area contributed by atoms with Crippen LogP contribution in [0.3, 0.4) is 0 Å². The molecule has 0 spiro atoms. The number of Topliss-reactive ketones (excluding diaryl/α,β-unsaturated/α-hetero) is 1. The summed E-state index contributed by atoms with van der Waals surface area (Å²) < 4.78 is 15.4. The molecule has 0 aromatic carbocycles. The first kappa shape index (κ1) is 17.7. The van der Waals surface area contributed by atoms with Crippen LogP contribution in [0.15, 0.2) is 0 Å². The number of carbonyl (C=O) groups excluding carboxylic acids is 1. The van der Waals surface area contributed by atoms with Crippen molar-refractivity contribution in [2.24, 2.45) is 0 Å². The SMILES string of the molecule is O=C1COC(CO)[C@@H](O[C@@H]2OC(CO)[C@H](O)C(O)C2O)C1O. The molecule has 10 heteroatoms. The zero-order valence-corrected chi connectivity index (χ0v) is 11.6. The Morgan fingerprint density at radius 2 is 1.64 bits per heavy atom. The Balaban J connectivity index is 2.11. The second-order valence-electron chi connectivity index (χ2n) is 5.24. The van der Waals surface area contributed by atoms with Crippen molar-refractivity contribution in [1.82, 2.24) is 0 Å². The van der Waals surface area contributed by atoms with E-state index in [1.165, 1.54) is 0 Å². The number of aliphatic hydroxyl groups excluding tert-OH is 6. The molecule has 2 aliphatic heterocycles. The van der Waals surface area contributed by atoms with Crippen molar-refractivity contribution < 1.29 is 49.6 Å². The highest BCUT2D eigenvalue weighted by Crippen LogP contribution is 2.26. The summed E-state index contributed by atoms with van der Waals surface area (Å²) in [5, 5.41) is 57.3. The summed E-state index contributed by atoms with van der Waals surface area (Å²) in [6.45, 7) is -1.58. The monoisotopic (exact) mass is 324 g/mol. The zero-order valence-electron chi connectivity index (χ0n) is 11.6. The van der Waals surface area contributed by atoms with Gasteiger partial charge in [0.05, 0.1) is 13.2 Å². The van der Waals surface area contributed by atoms with Crippen molar-refractivity contribution >= 4 is 5.78 Å². The molecule has 2 aliphatic rings. The van der Waals surface area contributed by atoms with Crippen LogP contribution in [0.1, 0.15) is 0 Å². The molecule has 0 bridgehead atoms. The molecule has 0 saturated carbocycles. The predicted molar refractivity (Wildman–Crippen MR) is 66.5 cm³/mol. The molecule has 8 atom stereocenters. The van der Waals surface area contributed by atoms with Crippen LogP contribution in [-0.4, -0.2) is 105 Å². The number of hydrogen-bond acceptors (Lipinski definition) is 10. The van der Waals surface area contributed by atoms with Gasteiger partial charge >= 0.3 is 0 Å². The minimum atomic E-state index is -1.68. The molecule has 2 heterocycles. The quantitative estimate of drug-likeness (QED) is 0.296. The number of rotatable bonds is 4. The molecule has 22 heavy (non-hydrogen) atoms. The first-order chi connectivity index (χ1) is 10.4. The number of carbonyl (C=O) groups is 1. The Morgan fingerprint density at radius 3 is 2.23 bits per heavy atom. The third-order valence-electron chi connectivity index (χ3n) is 3.77. The molecule has 6 N–H and O–H groups in total. The summed E-state index contributed by atoms with van der Waals surface area (Å²) in [5.74, 6) is -0.667. The summed E-state index contributed by atoms with van der Waals surface area (Å²) >= 11 is 0. The Morgan fingerprint density at radius 1 is 1.00 bits per heavy atom. The largest absolute Gasteiger partial charge is 0.394 e. The smallest absolute Gasteiger partial charge is 0.189 e. The van der Waals surface area contributed by atoms with Crippen LogP contribution in [0, 0.1) is 0 Å². The summed E-state index contributed by atoms with van der Waals surface area (Å²) in [7, 11) is 0. The molecule has 5 unspecified atom stereocenters. The highest BCUT2D eigenvalue weighted by atomic mass is 16.7. The van der Waals surface area contributed by atoms with E-state index in [9.17, 15) is 30.3 Å². The molecule has 0 amide bonds. The highest BCUT2D eigenvalue weighted by molar-refractivity contribution is 5.85. The zero-order chi connectivity index (χ0) is 16.4. The first-order valence-corrected chi connectivity index (χ1v) is 6.80. The average Bonchev–Trinajstić information content (AvgIpc) is 2.52. The van der Waals surface area contributed by atoms with Gasteiger partial charge < -0.3 is 44.8 Å². The van der Waals surface area contributed by atoms with Crippen LogP contribution < -0.4 is 0 Å². The molecule has 2 rings (SSSR count). The Kier molecular flexibility index (Phi) is 5.82. The summed E-state index contributed by atoms with van der Waals surface area (Å²) in [4.78, 5) is 11.5. The summed E-state index contributed by atoms with van der Waals surface area (Å²) in [5.41, 5.74) is 0. The fourth-order valence-corrected chi connectivity index (χ4v) is 2.41. The molecule has 0 aromatic heterocycles. The summed E-state index contributed by atoms with van der Waals surface area (Å²) in [6, 6.07) is 0. The number of hydrogen-bond donors (Lipinski definition) is 6. The second kappa shape index (κ2) is 7.25. The van der Waals surface area contributed by atoms with E-state index < -0.39 is 68.0 Å². The lowest BCUT2D eigenvalue weighted by atomic mass is 9.98. The topological polar surface area (TPSA) is 166 Å². The minimum absolute atomic E-state index is 0.388. The van der Waals surface area contributed by atoms with Gasteiger partial charge in [-0.25, -0.2) is 0 Å². The Labute approximate surface area is 125 Å². The van der Waals surface area contributed by atoms with Crippen LogP contribution in [0.25, 0.3) is 0 Å². The average molecular weight is 324 g/mol. The van der Waals surface area contributed by atoms with Gasteiger partial charge in [-0.2, -0.15) is 0 Å². The maximum absolute atomic E-state index is 11.5. The minimum Gasteiger partial charge on any atom is -0.394 e. The molecular formula is C12H20O10. The van der Waals surface area contributed by atoms with Crippen LogP contribution >= 0.6 is 0 Å². The van der Waals surface area contributed by atoms with Gasteiger partial charge in [-0.1, -0.05) is 0 Å². The van der Waals surface area contributed by atoms with E-state index in [0.717, 1.165) is 0 Å². The number of aliphatic hydroxyl groups is 6. The van der Waals surface area contributed by atoms with Crippen LogP contribution in [-0.2, 0) is 19.0 Å². The third-order valence-corrected chi connectivity index (χ3v) is 3.77. The van der Waals surface area contributed by atoms with Gasteiger partial charge in [-0.15, -0.1) is 0 Å². The van der Waals surface area contributed by atoms with Crippen molar-refractivity contribution in [3.8, 4) is 0 Å². The van der Waals surface area contributed by atoms with E-state index in [1.807, 2.05) is 0 Å². The van der Waals surface area contributed by atoms with E-state index in [2.05, 4.69) is 0 Å². The standard InChI is InChI=1S/C12H20O10/c13-1-5-8(17)9(18)10(19)12(21-5)22-11-6(2-14)20-3-4(15)7(11)16/h5-14,16-19H,1-3H2/t5?,6?,7?,8-,9?,10?,11+,12-/m0/s1. The normalized spacial score (nSPS) is 46.7. The molecule has 128 valence electrons. The maximum Gasteiger partial charge on any atom is 0.189 e. The van der Waals surface area contributed by atoms with E-state index in [-0.39, 0.29) is 6.61 Å². The molecule has 0 radical (unpaired) electrons. The highest BCUT2D eigenvalue weighted by Gasteiger charge is 2.48. The molecule has 10 nitrogen and oxygen atoms in total. The van der Waals surface area contributed by atoms with Gasteiger partial charge in [0.1, 0.15) is 49.3 Å². The molecule has 0 aliphatic carbocycles. The lowest BCUT2D eigenvalue weighted by molar-refractivity contribution is -0.327. The van der Waals surface area contributed by atoms with Gasteiger partial charge in [-0.05, 0) is 0 Å². The van der Waals surface area contributed by atoms with Gasteiger partial charge in [0.2, 0.25) is 0 Å². The number of ketones is 1. The molecule has 2 fully saturated rings. The van der Waals surface area contributed by atoms with E-state index in [1.54, 1.807) is 0 Å². The van der Waals surface area contributed by atoms with Gasteiger partial charge in [0.15, 0.2) is 12.1 Å². The van der Waals surface area contributed by atoms with E-state index in [0.29, 0.717) is 0 Å². The van der Waals surface area contributed by atoms with Crippen LogP contribution in [0.4, 0.5) is 0 Å². The van der Waals surface area contributed by atoms with E-state index in [4.69, 9.17) is 19.3 Å². The fraction of sp³-hybridized carbons (Fsp3) is 0.917. The van der Waals surface area contributed by atoms with Crippen molar-refractivity contribution in [2.45, 2.75) is 49.0 Å². The van der Waals surface area contributed by atoms with Gasteiger partial charge in [0, 0.05) is 0 Å². The first-order valence-electron chi connectivity index (χ1n) is 6.80. The molecular weight excluding hydrogens is 304 g/mol. The summed E-state index contributed by atoms with van der Waals surface area (Å²) in [6.07, 6.45) is -11.6. The molecule has 2 saturated heterocycles. The predicted octanol–water partition coefficient (Wildman–Crippen LogP) is -4.51. The fourth-order valence-electron chi connectivity index (χ4n) is 2.41.